The Morgan fingerprint density at radius 1 is 1.12 bits per heavy atom. The fraction of sp³-hybridized carbons (Fsp3) is 0.211. The molecule has 0 spiro atoms. The first kappa shape index (κ1) is 16.1. The second-order valence-electron chi connectivity index (χ2n) is 5.86. The van der Waals surface area contributed by atoms with Gasteiger partial charge < -0.3 is 9.47 Å². The van der Waals surface area contributed by atoms with Crippen LogP contribution in [0.4, 0.5) is 5.69 Å². The standard InChI is InChI=1S/C19H18N4O3/c1-25-13-9-12(10-14(11-13)26-2)18(24)22-19-21-16-6-4-3-5-15(16)17-20-7-8-23(17)19/h3-6,9-11H,7-8H2,1-2H3,(H,21,22,24). The Bertz CT molecular complexity index is 914. The van der Waals surface area contributed by atoms with E-state index in [4.69, 9.17) is 9.47 Å². The van der Waals surface area contributed by atoms with Crippen molar-refractivity contribution in [3.8, 4) is 11.5 Å². The molecular weight excluding hydrogens is 332 g/mol. The molecule has 0 saturated heterocycles. The Morgan fingerprint density at radius 2 is 1.85 bits per heavy atom. The molecule has 0 aliphatic carbocycles. The highest BCUT2D eigenvalue weighted by molar-refractivity contribution is 6.19. The third kappa shape index (κ3) is 2.77. The molecule has 2 heterocycles. The van der Waals surface area contributed by atoms with E-state index in [2.05, 4.69) is 15.3 Å². The predicted octanol–water partition coefficient (Wildman–Crippen LogP) is 2.20. The second kappa shape index (κ2) is 6.51. The van der Waals surface area contributed by atoms with Gasteiger partial charge in [-0.05, 0) is 24.3 Å². The molecule has 7 heteroatoms. The lowest BCUT2D eigenvalue weighted by atomic mass is 10.1. The van der Waals surface area contributed by atoms with Crippen molar-refractivity contribution in [2.24, 2.45) is 9.98 Å². The lowest BCUT2D eigenvalue weighted by Crippen LogP contribution is -2.47. The number of methoxy groups -OCH3 is 2. The van der Waals surface area contributed by atoms with Gasteiger partial charge in [0.15, 0.2) is 0 Å². The van der Waals surface area contributed by atoms with Crippen LogP contribution in [0, 0.1) is 0 Å². The van der Waals surface area contributed by atoms with Crippen LogP contribution in [0.5, 0.6) is 11.5 Å². The van der Waals surface area contributed by atoms with Crippen LogP contribution in [-0.4, -0.2) is 49.9 Å². The van der Waals surface area contributed by atoms with E-state index in [0.29, 0.717) is 36.1 Å². The summed E-state index contributed by atoms with van der Waals surface area (Å²) in [5, 5.41) is 2.90. The Morgan fingerprint density at radius 3 is 2.58 bits per heavy atom. The summed E-state index contributed by atoms with van der Waals surface area (Å²) >= 11 is 0. The molecule has 2 aromatic rings. The van der Waals surface area contributed by atoms with Gasteiger partial charge in [-0.1, -0.05) is 12.1 Å². The van der Waals surface area contributed by atoms with E-state index in [1.807, 2.05) is 29.2 Å². The van der Waals surface area contributed by atoms with Gasteiger partial charge >= 0.3 is 0 Å². The highest BCUT2D eigenvalue weighted by atomic mass is 16.5. The van der Waals surface area contributed by atoms with E-state index in [0.717, 1.165) is 17.1 Å². The number of hydrogen-bond donors (Lipinski definition) is 1. The number of amides is 1. The number of carbonyl (C=O) groups is 1. The topological polar surface area (TPSA) is 75.5 Å². The van der Waals surface area contributed by atoms with E-state index < -0.39 is 0 Å². The fourth-order valence-electron chi connectivity index (χ4n) is 3.03. The van der Waals surface area contributed by atoms with Crippen LogP contribution in [-0.2, 0) is 0 Å². The Balaban J connectivity index is 1.66. The van der Waals surface area contributed by atoms with Gasteiger partial charge in [-0.25, -0.2) is 4.99 Å². The zero-order chi connectivity index (χ0) is 18.1. The summed E-state index contributed by atoms with van der Waals surface area (Å²) in [5.41, 5.74) is 2.20. The van der Waals surface area contributed by atoms with E-state index in [1.54, 1.807) is 32.4 Å². The minimum Gasteiger partial charge on any atom is -0.497 e. The summed E-state index contributed by atoms with van der Waals surface area (Å²) in [6.07, 6.45) is 0. The molecule has 0 fully saturated rings. The Labute approximate surface area is 151 Å². The van der Waals surface area contributed by atoms with Crippen LogP contribution >= 0.6 is 0 Å². The maximum Gasteiger partial charge on any atom is 0.258 e. The number of ether oxygens (including phenoxy) is 2. The van der Waals surface area contributed by atoms with Gasteiger partial charge in [0.1, 0.15) is 17.3 Å². The quantitative estimate of drug-likeness (QED) is 0.921. The van der Waals surface area contributed by atoms with Crippen molar-refractivity contribution >= 4 is 23.4 Å². The lowest BCUT2D eigenvalue weighted by Gasteiger charge is -2.27. The molecule has 1 N–H and O–H groups in total. The number of nitrogens with one attached hydrogen (secondary N) is 1. The molecule has 0 saturated carbocycles. The van der Waals surface area contributed by atoms with Crippen molar-refractivity contribution < 1.29 is 14.3 Å². The number of rotatable bonds is 3. The van der Waals surface area contributed by atoms with Crippen LogP contribution in [0.2, 0.25) is 0 Å². The van der Waals surface area contributed by atoms with Gasteiger partial charge in [0, 0.05) is 23.7 Å². The third-order valence-electron chi connectivity index (χ3n) is 4.31. The molecule has 2 aliphatic heterocycles. The molecule has 132 valence electrons. The van der Waals surface area contributed by atoms with Crippen molar-refractivity contribution in [3.05, 3.63) is 53.6 Å². The molecule has 0 aromatic heterocycles. The van der Waals surface area contributed by atoms with Gasteiger partial charge in [-0.3, -0.25) is 20.0 Å². The van der Waals surface area contributed by atoms with Gasteiger partial charge in [0.25, 0.3) is 5.91 Å². The number of aliphatic imine (C=N–C) groups is 2. The minimum absolute atomic E-state index is 0.286. The molecule has 2 aliphatic rings. The molecule has 7 nitrogen and oxygen atoms in total. The number of fused-ring (bicyclic) bond motifs is 3. The third-order valence-corrected chi connectivity index (χ3v) is 4.31. The first-order valence-corrected chi connectivity index (χ1v) is 8.24. The van der Waals surface area contributed by atoms with Crippen molar-refractivity contribution in [1.82, 2.24) is 10.2 Å². The van der Waals surface area contributed by atoms with Crippen molar-refractivity contribution in [2.45, 2.75) is 0 Å². The largest absolute Gasteiger partial charge is 0.497 e. The van der Waals surface area contributed by atoms with Crippen molar-refractivity contribution in [1.29, 1.82) is 0 Å². The first-order chi connectivity index (χ1) is 12.7. The molecule has 0 radical (unpaired) electrons. The first-order valence-electron chi connectivity index (χ1n) is 8.24. The normalized spacial score (nSPS) is 14.8. The summed E-state index contributed by atoms with van der Waals surface area (Å²) in [6.45, 7) is 1.36. The summed E-state index contributed by atoms with van der Waals surface area (Å²) in [6, 6.07) is 12.8. The zero-order valence-electron chi connectivity index (χ0n) is 14.5. The van der Waals surface area contributed by atoms with Crippen LogP contribution in [0.3, 0.4) is 0 Å². The zero-order valence-corrected chi connectivity index (χ0v) is 14.5. The molecule has 0 bridgehead atoms. The van der Waals surface area contributed by atoms with E-state index >= 15 is 0 Å². The SMILES string of the molecule is COc1cc(OC)cc(C(=O)NC2=Nc3ccccc3C3=NCCN23)c1. The van der Waals surface area contributed by atoms with Crippen LogP contribution in [0.1, 0.15) is 15.9 Å². The van der Waals surface area contributed by atoms with Crippen LogP contribution in [0.25, 0.3) is 0 Å². The highest BCUT2D eigenvalue weighted by Gasteiger charge is 2.30. The lowest BCUT2D eigenvalue weighted by molar-refractivity contribution is 0.0973. The summed E-state index contributed by atoms with van der Waals surface area (Å²) in [7, 11) is 3.09. The molecule has 26 heavy (non-hydrogen) atoms. The summed E-state index contributed by atoms with van der Waals surface area (Å²) in [5.74, 6) is 2.13. The van der Waals surface area contributed by atoms with Crippen LogP contribution < -0.4 is 14.8 Å². The molecule has 4 rings (SSSR count). The summed E-state index contributed by atoms with van der Waals surface area (Å²) in [4.78, 5) is 23.9. The smallest absolute Gasteiger partial charge is 0.258 e. The number of benzene rings is 2. The number of amidine groups is 1. The minimum atomic E-state index is -0.286. The molecule has 0 atom stereocenters. The van der Waals surface area contributed by atoms with Gasteiger partial charge in [0.2, 0.25) is 5.96 Å². The predicted molar refractivity (Wildman–Crippen MR) is 98.7 cm³/mol. The molecule has 0 unspecified atom stereocenters. The number of guanidine groups is 1. The highest BCUT2D eigenvalue weighted by Crippen LogP contribution is 2.28. The van der Waals surface area contributed by atoms with E-state index in [1.165, 1.54) is 0 Å². The number of para-hydroxylation sites is 1. The summed E-state index contributed by atoms with van der Waals surface area (Å²) < 4.78 is 10.5. The van der Waals surface area contributed by atoms with Crippen LogP contribution in [0.15, 0.2) is 52.4 Å². The Kier molecular flexibility index (Phi) is 4.04. The number of nitrogens with zero attached hydrogens (tertiary/aromatic N) is 3. The van der Waals surface area contributed by atoms with Crippen molar-refractivity contribution in [3.63, 3.8) is 0 Å². The number of carbonyl (C=O) groups excluding carboxylic acids is 1. The van der Waals surface area contributed by atoms with Gasteiger partial charge in [-0.15, -0.1) is 0 Å². The average Bonchev–Trinajstić information content (AvgIpc) is 3.18. The van der Waals surface area contributed by atoms with E-state index in [9.17, 15) is 4.79 Å². The monoisotopic (exact) mass is 350 g/mol. The molecule has 1 amide bonds. The molecule has 2 aromatic carbocycles. The maximum absolute atomic E-state index is 12.8. The maximum atomic E-state index is 12.8. The second-order valence-corrected chi connectivity index (χ2v) is 5.86. The Hall–Kier alpha value is -3.35. The fourth-order valence-corrected chi connectivity index (χ4v) is 3.03. The number of hydrogen-bond acceptors (Lipinski definition) is 6. The molecular formula is C19H18N4O3. The average molecular weight is 350 g/mol. The van der Waals surface area contributed by atoms with E-state index in [-0.39, 0.29) is 5.91 Å². The van der Waals surface area contributed by atoms with Gasteiger partial charge in [0.05, 0.1) is 26.5 Å². The van der Waals surface area contributed by atoms with Gasteiger partial charge in [-0.2, -0.15) is 0 Å². The van der Waals surface area contributed by atoms with Crippen molar-refractivity contribution in [2.75, 3.05) is 27.3 Å².